The number of ketones is 2. The van der Waals surface area contributed by atoms with E-state index in [1.54, 1.807) is 0 Å². The molecule has 0 spiro atoms. The molecule has 0 aliphatic heterocycles. The quantitative estimate of drug-likeness (QED) is 0.00809. The summed E-state index contributed by atoms with van der Waals surface area (Å²) in [6, 6.07) is 22.6. The molecule has 408 valence electrons. The molecule has 0 saturated carbocycles. The van der Waals surface area contributed by atoms with Gasteiger partial charge in [-0.1, -0.05) is 36.4 Å². The number of carbonyl (C=O) groups is 4. The Hall–Kier alpha value is -8.52. The minimum Gasteiger partial charge on any atom is -0.494 e. The Morgan fingerprint density at radius 1 is 0.545 bits per heavy atom. The molecule has 0 amide bonds. The maximum Gasteiger partial charge on any atom is 0.453 e. The normalized spacial score (nSPS) is 12.8. The number of ether oxygens (including phenoxy) is 4. The van der Waals surface area contributed by atoms with Crippen molar-refractivity contribution >= 4 is 47.0 Å². The van der Waals surface area contributed by atoms with Crippen LogP contribution >= 0.6 is 0 Å². The number of esters is 2. The van der Waals surface area contributed by atoms with Crippen LogP contribution in [0, 0.1) is 20.2 Å². The number of allylic oxidation sites excluding steroid dienone is 1. The number of hydrogen-bond donors (Lipinski definition) is 2. The Morgan fingerprint density at radius 3 is 1.34 bits per heavy atom. The molecule has 5 aromatic carbocycles. The molecule has 0 aliphatic carbocycles. The zero-order valence-electron chi connectivity index (χ0n) is 39.3. The van der Waals surface area contributed by atoms with Crippen molar-refractivity contribution in [2.45, 2.75) is 68.0 Å². The van der Waals surface area contributed by atoms with Gasteiger partial charge in [-0.2, -0.15) is 43.9 Å². The van der Waals surface area contributed by atoms with Crippen molar-refractivity contribution in [2.75, 3.05) is 13.2 Å². The Kier molecular flexibility index (Phi) is 19.2. The molecule has 0 saturated heterocycles. The van der Waals surface area contributed by atoms with E-state index in [0.717, 1.165) is 24.3 Å². The van der Waals surface area contributed by atoms with Crippen molar-refractivity contribution in [3.8, 4) is 23.0 Å². The Balaban J connectivity index is 1.21. The van der Waals surface area contributed by atoms with Crippen LogP contribution in [0.4, 0.5) is 55.3 Å². The Morgan fingerprint density at radius 2 is 0.948 bits per heavy atom. The van der Waals surface area contributed by atoms with Gasteiger partial charge in [-0.25, -0.2) is 9.59 Å². The van der Waals surface area contributed by atoms with Crippen LogP contribution < -0.4 is 18.9 Å². The van der Waals surface area contributed by atoms with Gasteiger partial charge in [-0.05, 0) is 115 Å². The molecule has 0 radical (unpaired) electrons. The third-order valence-corrected chi connectivity index (χ3v) is 10.9. The number of nitrogens with zero attached hydrogens (tertiary/aromatic N) is 2. The number of carbonyl (C=O) groups excluding carboxylic acids is 4. The van der Waals surface area contributed by atoms with E-state index in [0.29, 0.717) is 17.7 Å². The largest absolute Gasteiger partial charge is 0.494 e. The van der Waals surface area contributed by atoms with Gasteiger partial charge in [0.15, 0.2) is 5.78 Å². The summed E-state index contributed by atoms with van der Waals surface area (Å²) >= 11 is 0. The van der Waals surface area contributed by atoms with Crippen LogP contribution in [-0.4, -0.2) is 86.8 Å². The smallest absolute Gasteiger partial charge is 0.453 e. The summed E-state index contributed by atoms with van der Waals surface area (Å²) in [7, 11) is 0. The first-order chi connectivity index (χ1) is 36.0. The number of nitro groups is 2. The third kappa shape index (κ3) is 16.5. The lowest BCUT2D eigenvalue weighted by Gasteiger charge is -2.28. The van der Waals surface area contributed by atoms with Crippen LogP contribution in [0.3, 0.4) is 0 Å². The first-order valence-corrected chi connectivity index (χ1v) is 22.3. The van der Waals surface area contributed by atoms with E-state index in [-0.39, 0.29) is 39.7 Å². The molecule has 0 bridgehead atoms. The van der Waals surface area contributed by atoms with Gasteiger partial charge in [0, 0.05) is 30.9 Å². The summed E-state index contributed by atoms with van der Waals surface area (Å²) in [4.78, 5) is 73.9. The van der Waals surface area contributed by atoms with E-state index in [2.05, 4.69) is 0 Å². The zero-order chi connectivity index (χ0) is 56.9. The molecule has 77 heavy (non-hydrogen) atoms. The van der Waals surface area contributed by atoms with Crippen LogP contribution in [0.5, 0.6) is 23.0 Å². The number of aliphatic hydroxyl groups is 2. The van der Waals surface area contributed by atoms with Gasteiger partial charge < -0.3 is 29.2 Å². The van der Waals surface area contributed by atoms with Crippen LogP contribution in [0.15, 0.2) is 127 Å². The minimum atomic E-state index is -5.70. The van der Waals surface area contributed by atoms with Gasteiger partial charge in [0.05, 0.1) is 46.2 Å². The SMILES string of the molecule is O=C(C=Cc1ccc(OC(=O)c2ccc(OCCCC(F)(F)C(F)(F)F)cc2)cc1)CC(c1ccc([N+](=O)[O-])cc1[N+](=O)[O-])C(O)(O)C(=O)C=Cc1ccc(OC(=O)c2ccc(OCCCC(F)(F)C(F)(F)F)cc2)cc1. The summed E-state index contributed by atoms with van der Waals surface area (Å²) in [5.41, 5.74) is -1.98. The van der Waals surface area contributed by atoms with Gasteiger partial charge in [0.25, 0.3) is 11.4 Å². The molecule has 2 N–H and O–H groups in total. The number of rotatable bonds is 25. The molecule has 5 aromatic rings. The van der Waals surface area contributed by atoms with Crippen molar-refractivity contribution in [3.05, 3.63) is 175 Å². The first kappa shape index (κ1) is 59.4. The van der Waals surface area contributed by atoms with Gasteiger partial charge >= 0.3 is 36.1 Å². The second-order valence-corrected chi connectivity index (χ2v) is 16.5. The molecule has 1 atom stereocenters. The molecule has 1 unspecified atom stereocenters. The van der Waals surface area contributed by atoms with E-state index in [9.17, 15) is 93.5 Å². The van der Waals surface area contributed by atoms with Crippen LogP contribution in [-0.2, 0) is 9.59 Å². The third-order valence-electron chi connectivity index (χ3n) is 10.9. The van der Waals surface area contributed by atoms with Crippen molar-refractivity contribution < 1.29 is 102 Å². The average molecular weight is 1090 g/mol. The lowest BCUT2D eigenvalue weighted by Crippen LogP contribution is -2.44. The fraction of sp³-hybridized carbons (Fsp3) is 0.255. The number of non-ortho nitro benzene ring substituents is 1. The van der Waals surface area contributed by atoms with Crippen molar-refractivity contribution in [3.63, 3.8) is 0 Å². The highest BCUT2D eigenvalue weighted by Crippen LogP contribution is 2.41. The van der Waals surface area contributed by atoms with E-state index in [1.807, 2.05) is 0 Å². The molecule has 0 aromatic heterocycles. The summed E-state index contributed by atoms with van der Waals surface area (Å²) in [5.74, 6) is -19.6. The number of hydrogen-bond acceptors (Lipinski definition) is 14. The topological polar surface area (TPSA) is 232 Å². The fourth-order valence-corrected chi connectivity index (χ4v) is 6.74. The summed E-state index contributed by atoms with van der Waals surface area (Å²) in [6.45, 7) is -0.939. The molecule has 0 aliphatic rings. The van der Waals surface area contributed by atoms with Gasteiger partial charge in [0.2, 0.25) is 11.6 Å². The van der Waals surface area contributed by atoms with Gasteiger partial charge in [0.1, 0.15) is 23.0 Å². The van der Waals surface area contributed by atoms with Crippen molar-refractivity contribution in [2.24, 2.45) is 0 Å². The second kappa shape index (κ2) is 24.9. The highest BCUT2D eigenvalue weighted by atomic mass is 19.4. The maximum atomic E-state index is 13.5. The number of halogens is 10. The average Bonchev–Trinajstić information content (AvgIpc) is 3.37. The summed E-state index contributed by atoms with van der Waals surface area (Å²) in [6.07, 6.45) is -12.7. The Bertz CT molecular complexity index is 2980. The first-order valence-electron chi connectivity index (χ1n) is 22.3. The van der Waals surface area contributed by atoms with Crippen LogP contribution in [0.25, 0.3) is 12.2 Å². The summed E-state index contributed by atoms with van der Waals surface area (Å²) in [5, 5.41) is 46.3. The van der Waals surface area contributed by atoms with Crippen molar-refractivity contribution in [1.29, 1.82) is 0 Å². The van der Waals surface area contributed by atoms with E-state index >= 15 is 0 Å². The van der Waals surface area contributed by atoms with Gasteiger partial charge in [-0.15, -0.1) is 0 Å². The maximum absolute atomic E-state index is 13.5. The predicted octanol–water partition coefficient (Wildman–Crippen LogP) is 11.4. The molecule has 5 rings (SSSR count). The predicted molar refractivity (Wildman–Crippen MR) is 250 cm³/mol. The number of benzene rings is 5. The lowest BCUT2D eigenvalue weighted by molar-refractivity contribution is -0.394. The lowest BCUT2D eigenvalue weighted by atomic mass is 9.82. The molecular weight excluding hydrogens is 1050 g/mol. The molecular formula is C51H40F10N2O14. The van der Waals surface area contributed by atoms with E-state index in [1.165, 1.54) is 103 Å². The highest BCUT2D eigenvalue weighted by Gasteiger charge is 2.57. The summed E-state index contributed by atoms with van der Waals surface area (Å²) < 4.78 is 147. The highest BCUT2D eigenvalue weighted by molar-refractivity contribution is 6.01. The van der Waals surface area contributed by atoms with Crippen molar-refractivity contribution in [1.82, 2.24) is 0 Å². The second-order valence-electron chi connectivity index (χ2n) is 16.5. The Labute approximate surface area is 428 Å². The van der Waals surface area contributed by atoms with E-state index in [4.69, 9.17) is 18.9 Å². The molecule has 0 heterocycles. The zero-order valence-corrected chi connectivity index (χ0v) is 39.3. The van der Waals surface area contributed by atoms with E-state index < -0.39 is 132 Å². The van der Waals surface area contributed by atoms with Crippen LogP contribution in [0.1, 0.15) is 75.4 Å². The number of nitro benzene ring substituents is 2. The standard InChI is InChI=1S/C51H40F10N2O14/c52-47(53,50(56,57)58)25-1-27-74-37-19-9-33(10-20-37)45(66)76-39-15-4-31(5-16-39)3-14-36(64)30-42(41-23-13-35(62(70)71)29-43(41)63(72)73)49(68,69)44(65)24-8-32-6-17-40(18-7-32)77-46(67)34-11-21-38(22-12-34)75-28-2-26-48(54,55)51(59,60)61/h3-24,29,42,68-69H,1-2,25-28,30H2. The van der Waals surface area contributed by atoms with Gasteiger partial charge in [-0.3, -0.25) is 29.8 Å². The molecule has 26 heteroatoms. The van der Waals surface area contributed by atoms with Crippen LogP contribution in [0.2, 0.25) is 0 Å². The minimum absolute atomic E-state index is 0.00373. The number of alkyl halides is 10. The monoisotopic (exact) mass is 1090 g/mol. The fourth-order valence-electron chi connectivity index (χ4n) is 6.74. The molecule has 0 fully saturated rings. The molecule has 16 nitrogen and oxygen atoms in total.